The minimum absolute atomic E-state index is 0.132. The van der Waals surface area contributed by atoms with Crippen LogP contribution in [-0.2, 0) is 16.0 Å². The number of hydrogen-bond acceptors (Lipinski definition) is 3. The molecule has 0 saturated heterocycles. The lowest BCUT2D eigenvalue weighted by Gasteiger charge is -2.09. The highest BCUT2D eigenvalue weighted by Crippen LogP contribution is 2.04. The van der Waals surface area contributed by atoms with E-state index < -0.39 is 0 Å². The predicted octanol–water partition coefficient (Wildman–Crippen LogP) is 1.31. The predicted molar refractivity (Wildman–Crippen MR) is 52.2 cm³/mol. The van der Waals surface area contributed by atoms with Gasteiger partial charge in [-0.25, -0.2) is 4.79 Å². The molecule has 0 aliphatic rings. The maximum atomic E-state index is 11.1. The molecule has 1 rings (SSSR count). The summed E-state index contributed by atoms with van der Waals surface area (Å²) in [5.74, 6) is -0.311. The Morgan fingerprint density at radius 1 is 1.57 bits per heavy atom. The van der Waals surface area contributed by atoms with Crippen molar-refractivity contribution in [2.24, 2.45) is 0 Å². The third-order valence-electron chi connectivity index (χ3n) is 2.04. The van der Waals surface area contributed by atoms with Gasteiger partial charge in [0.05, 0.1) is 18.8 Å². The van der Waals surface area contributed by atoms with Crippen LogP contribution in [0.1, 0.15) is 17.3 Å². The largest absolute Gasteiger partial charge is 0.465 e. The Labute approximate surface area is 83.4 Å². The minimum Gasteiger partial charge on any atom is -0.465 e. The van der Waals surface area contributed by atoms with Crippen molar-refractivity contribution in [3.05, 3.63) is 24.0 Å². The van der Waals surface area contributed by atoms with Crippen LogP contribution >= 0.6 is 0 Å². The molecule has 1 aromatic rings. The summed E-state index contributed by atoms with van der Waals surface area (Å²) >= 11 is 0. The molecule has 78 valence electrons. The fourth-order valence-electron chi connectivity index (χ4n) is 1.16. The van der Waals surface area contributed by atoms with Crippen LogP contribution in [0.3, 0.4) is 0 Å². The highest BCUT2D eigenvalue weighted by molar-refractivity contribution is 5.89. The van der Waals surface area contributed by atoms with Gasteiger partial charge in [-0.3, -0.25) is 0 Å². The van der Waals surface area contributed by atoms with Crippen molar-refractivity contribution in [1.82, 2.24) is 4.57 Å². The summed E-state index contributed by atoms with van der Waals surface area (Å²) in [5, 5.41) is 0. The summed E-state index contributed by atoms with van der Waals surface area (Å²) in [4.78, 5) is 11.1. The molecule has 1 heterocycles. The Morgan fingerprint density at radius 3 is 2.86 bits per heavy atom. The van der Waals surface area contributed by atoms with Gasteiger partial charge < -0.3 is 14.0 Å². The second-order valence-corrected chi connectivity index (χ2v) is 3.13. The zero-order valence-corrected chi connectivity index (χ0v) is 8.69. The average Bonchev–Trinajstić information content (AvgIpc) is 2.65. The van der Waals surface area contributed by atoms with Gasteiger partial charge in [0.2, 0.25) is 0 Å². The fraction of sp³-hybridized carbons (Fsp3) is 0.500. The van der Waals surface area contributed by atoms with Crippen LogP contribution < -0.4 is 0 Å². The van der Waals surface area contributed by atoms with Crippen molar-refractivity contribution in [3.63, 3.8) is 0 Å². The van der Waals surface area contributed by atoms with E-state index in [1.807, 2.05) is 17.7 Å². The second kappa shape index (κ2) is 4.81. The van der Waals surface area contributed by atoms with Gasteiger partial charge in [-0.05, 0) is 13.0 Å². The summed E-state index contributed by atoms with van der Waals surface area (Å²) in [6, 6.07) is 1.73. The monoisotopic (exact) mass is 197 g/mol. The molecule has 4 nitrogen and oxygen atoms in total. The van der Waals surface area contributed by atoms with Crippen LogP contribution in [0.25, 0.3) is 0 Å². The summed E-state index contributed by atoms with van der Waals surface area (Å²) in [6.45, 7) is 2.70. The number of rotatable bonds is 4. The molecule has 0 bridgehead atoms. The number of esters is 1. The smallest absolute Gasteiger partial charge is 0.339 e. The molecule has 0 radical (unpaired) electrons. The van der Waals surface area contributed by atoms with E-state index in [0.29, 0.717) is 5.56 Å². The summed E-state index contributed by atoms with van der Waals surface area (Å²) < 4.78 is 11.6. The van der Waals surface area contributed by atoms with Gasteiger partial charge in [0.25, 0.3) is 0 Å². The first kappa shape index (κ1) is 10.8. The number of carbonyl (C=O) groups excluding carboxylic acids is 1. The van der Waals surface area contributed by atoms with Gasteiger partial charge in [-0.2, -0.15) is 0 Å². The Balaban J connectivity index is 2.63. The summed E-state index contributed by atoms with van der Waals surface area (Å²) in [6.07, 6.45) is 3.72. The third-order valence-corrected chi connectivity index (χ3v) is 2.04. The first-order valence-electron chi connectivity index (χ1n) is 4.44. The van der Waals surface area contributed by atoms with Crippen molar-refractivity contribution < 1.29 is 14.3 Å². The van der Waals surface area contributed by atoms with E-state index in [1.165, 1.54) is 7.11 Å². The van der Waals surface area contributed by atoms with Gasteiger partial charge in [-0.1, -0.05) is 0 Å². The number of carbonyl (C=O) groups is 1. The lowest BCUT2D eigenvalue weighted by atomic mass is 10.3. The second-order valence-electron chi connectivity index (χ2n) is 3.13. The zero-order valence-electron chi connectivity index (χ0n) is 8.69. The molecule has 0 saturated carbocycles. The molecule has 4 heteroatoms. The first-order valence-corrected chi connectivity index (χ1v) is 4.44. The molecule has 1 aromatic heterocycles. The minimum atomic E-state index is -0.311. The molecule has 0 aliphatic carbocycles. The molecule has 0 spiro atoms. The Morgan fingerprint density at radius 2 is 2.29 bits per heavy atom. The first-order chi connectivity index (χ1) is 6.67. The maximum Gasteiger partial charge on any atom is 0.339 e. The van der Waals surface area contributed by atoms with Crippen molar-refractivity contribution >= 4 is 5.97 Å². The van der Waals surface area contributed by atoms with Crippen molar-refractivity contribution in [3.8, 4) is 0 Å². The van der Waals surface area contributed by atoms with Gasteiger partial charge in [-0.15, -0.1) is 0 Å². The summed E-state index contributed by atoms with van der Waals surface area (Å²) in [7, 11) is 3.03. The number of aromatic nitrogens is 1. The third kappa shape index (κ3) is 2.60. The Bertz CT molecular complexity index is 306. The van der Waals surface area contributed by atoms with Crippen LogP contribution in [0, 0.1) is 0 Å². The van der Waals surface area contributed by atoms with Crippen LogP contribution in [0.2, 0.25) is 0 Å². The number of methoxy groups -OCH3 is 2. The lowest BCUT2D eigenvalue weighted by Crippen LogP contribution is -2.13. The lowest BCUT2D eigenvalue weighted by molar-refractivity contribution is 0.0600. The maximum absolute atomic E-state index is 11.1. The molecular formula is C10H15NO3. The molecule has 0 aromatic carbocycles. The van der Waals surface area contributed by atoms with E-state index >= 15 is 0 Å². The fourth-order valence-corrected chi connectivity index (χ4v) is 1.16. The molecule has 0 amide bonds. The van der Waals surface area contributed by atoms with Crippen LogP contribution in [-0.4, -0.2) is 30.9 Å². The van der Waals surface area contributed by atoms with Crippen LogP contribution in [0.5, 0.6) is 0 Å². The molecule has 14 heavy (non-hydrogen) atoms. The Kier molecular flexibility index (Phi) is 3.71. The van der Waals surface area contributed by atoms with Crippen molar-refractivity contribution in [1.29, 1.82) is 0 Å². The molecule has 0 N–H and O–H groups in total. The molecule has 0 fully saturated rings. The van der Waals surface area contributed by atoms with Crippen LogP contribution in [0.15, 0.2) is 18.5 Å². The number of ether oxygens (including phenoxy) is 2. The van der Waals surface area contributed by atoms with Gasteiger partial charge in [0, 0.05) is 26.0 Å². The van der Waals surface area contributed by atoms with E-state index in [0.717, 1.165) is 6.54 Å². The van der Waals surface area contributed by atoms with Gasteiger partial charge in [0.1, 0.15) is 0 Å². The van der Waals surface area contributed by atoms with E-state index in [1.54, 1.807) is 19.4 Å². The zero-order chi connectivity index (χ0) is 10.6. The van der Waals surface area contributed by atoms with E-state index in [4.69, 9.17) is 4.74 Å². The quantitative estimate of drug-likeness (QED) is 0.683. The molecule has 1 atom stereocenters. The van der Waals surface area contributed by atoms with Crippen molar-refractivity contribution in [2.45, 2.75) is 19.6 Å². The van der Waals surface area contributed by atoms with Crippen molar-refractivity contribution in [2.75, 3.05) is 14.2 Å². The standard InChI is InChI=1S/C10H15NO3/c1-8(13-2)6-11-5-4-9(7-11)10(12)14-3/h4-5,7-8H,6H2,1-3H3. The molecule has 1 unspecified atom stereocenters. The molecule has 0 aliphatic heterocycles. The van der Waals surface area contributed by atoms with E-state index in [-0.39, 0.29) is 12.1 Å². The SMILES string of the molecule is COC(=O)c1ccn(CC(C)OC)c1. The summed E-state index contributed by atoms with van der Waals surface area (Å²) in [5.41, 5.74) is 0.566. The highest BCUT2D eigenvalue weighted by atomic mass is 16.5. The number of hydrogen-bond donors (Lipinski definition) is 0. The Hall–Kier alpha value is -1.29. The number of nitrogens with zero attached hydrogens (tertiary/aromatic N) is 1. The van der Waals surface area contributed by atoms with Gasteiger partial charge in [0.15, 0.2) is 0 Å². The van der Waals surface area contributed by atoms with Crippen LogP contribution in [0.4, 0.5) is 0 Å². The topological polar surface area (TPSA) is 40.5 Å². The highest BCUT2D eigenvalue weighted by Gasteiger charge is 2.07. The normalized spacial score (nSPS) is 12.5. The average molecular weight is 197 g/mol. The van der Waals surface area contributed by atoms with E-state index in [2.05, 4.69) is 4.74 Å². The van der Waals surface area contributed by atoms with E-state index in [9.17, 15) is 4.79 Å². The molecular weight excluding hydrogens is 182 g/mol. The van der Waals surface area contributed by atoms with Gasteiger partial charge >= 0.3 is 5.97 Å².